The lowest BCUT2D eigenvalue weighted by atomic mass is 10.0. The summed E-state index contributed by atoms with van der Waals surface area (Å²) in [7, 11) is 0. The second-order valence-corrected chi connectivity index (χ2v) is 3.70. The lowest BCUT2D eigenvalue weighted by Crippen LogP contribution is -1.94. The normalized spacial score (nSPS) is 13.4. The first-order valence-corrected chi connectivity index (χ1v) is 5.39. The maximum Gasteiger partial charge on any atom is 0.120 e. The molecule has 0 rings (SSSR count). The molecule has 0 aliphatic carbocycles. The van der Waals surface area contributed by atoms with Crippen molar-refractivity contribution in [3.05, 3.63) is 12.2 Å². The van der Waals surface area contributed by atoms with Crippen LogP contribution in [0.5, 0.6) is 0 Å². The maximum absolute atomic E-state index is 10.2. The van der Waals surface area contributed by atoms with Gasteiger partial charge in [0.1, 0.15) is 6.29 Å². The molecule has 0 bridgehead atoms. The minimum atomic E-state index is 0.567. The van der Waals surface area contributed by atoms with Crippen LogP contribution in [0.1, 0.15) is 52.4 Å². The summed E-state index contributed by atoms with van der Waals surface area (Å²) in [5.41, 5.74) is 0. The van der Waals surface area contributed by atoms with Crippen LogP contribution in [0.25, 0.3) is 0 Å². The maximum atomic E-state index is 10.2. The smallest absolute Gasteiger partial charge is 0.120 e. The number of carbonyl (C=O) groups excluding carboxylic acids is 1. The largest absolute Gasteiger partial charge is 0.303 e. The Bertz CT molecular complexity index is 138. The van der Waals surface area contributed by atoms with Crippen LogP contribution >= 0.6 is 0 Å². The minimum Gasteiger partial charge on any atom is -0.303 e. The van der Waals surface area contributed by atoms with Crippen molar-refractivity contribution in [3.8, 4) is 0 Å². The first-order chi connectivity index (χ1) is 6.31. The summed E-state index contributed by atoms with van der Waals surface area (Å²) in [4.78, 5) is 10.2. The molecule has 0 heterocycles. The number of rotatable bonds is 8. The molecule has 1 heteroatoms. The molecule has 1 unspecified atom stereocenters. The quantitative estimate of drug-likeness (QED) is 0.317. The molecule has 76 valence electrons. The van der Waals surface area contributed by atoms with E-state index in [1.807, 2.05) is 0 Å². The Kier molecular flexibility index (Phi) is 9.07. The van der Waals surface area contributed by atoms with Crippen LogP contribution in [0.4, 0.5) is 0 Å². The Hall–Kier alpha value is -0.590. The number of aldehydes is 1. The molecule has 0 aliphatic rings. The van der Waals surface area contributed by atoms with Crippen molar-refractivity contribution in [3.63, 3.8) is 0 Å². The van der Waals surface area contributed by atoms with Crippen LogP contribution in [-0.4, -0.2) is 6.29 Å². The van der Waals surface area contributed by atoms with Gasteiger partial charge in [0.05, 0.1) is 0 Å². The molecule has 0 N–H and O–H groups in total. The zero-order chi connectivity index (χ0) is 9.94. The predicted octanol–water partition coefficient (Wildman–Crippen LogP) is 3.74. The van der Waals surface area contributed by atoms with Gasteiger partial charge in [-0.1, -0.05) is 38.8 Å². The van der Waals surface area contributed by atoms with E-state index in [1.54, 1.807) is 0 Å². The summed E-state index contributed by atoms with van der Waals surface area (Å²) in [6.07, 6.45) is 12.3. The van der Waals surface area contributed by atoms with Crippen LogP contribution in [0.2, 0.25) is 0 Å². The van der Waals surface area contributed by atoms with E-state index in [-0.39, 0.29) is 0 Å². The van der Waals surface area contributed by atoms with Crippen molar-refractivity contribution in [1.82, 2.24) is 0 Å². The fourth-order valence-electron chi connectivity index (χ4n) is 1.27. The van der Waals surface area contributed by atoms with E-state index in [1.165, 1.54) is 32.1 Å². The monoisotopic (exact) mass is 182 g/mol. The summed E-state index contributed by atoms with van der Waals surface area (Å²) >= 11 is 0. The topological polar surface area (TPSA) is 17.1 Å². The Morgan fingerprint density at radius 2 is 1.92 bits per heavy atom. The third-order valence-corrected chi connectivity index (χ3v) is 2.19. The second kappa shape index (κ2) is 9.50. The zero-order valence-electron chi connectivity index (χ0n) is 8.96. The molecule has 0 radical (unpaired) electrons. The van der Waals surface area contributed by atoms with Crippen LogP contribution in [-0.2, 0) is 4.79 Å². The molecule has 0 spiro atoms. The van der Waals surface area contributed by atoms with Gasteiger partial charge < -0.3 is 4.79 Å². The summed E-state index contributed by atoms with van der Waals surface area (Å²) in [6, 6.07) is 0. The average molecular weight is 182 g/mol. The van der Waals surface area contributed by atoms with Crippen LogP contribution in [0.15, 0.2) is 12.2 Å². The minimum absolute atomic E-state index is 0.567. The molecule has 0 fully saturated rings. The number of hydrogen-bond donors (Lipinski definition) is 0. The van der Waals surface area contributed by atoms with E-state index in [4.69, 9.17) is 0 Å². The highest BCUT2D eigenvalue weighted by Gasteiger charge is 1.98. The van der Waals surface area contributed by atoms with Gasteiger partial charge in [-0.25, -0.2) is 0 Å². The fourth-order valence-corrected chi connectivity index (χ4v) is 1.27. The van der Waals surface area contributed by atoms with Crippen molar-refractivity contribution < 1.29 is 4.79 Å². The lowest BCUT2D eigenvalue weighted by Gasteiger charge is -2.04. The van der Waals surface area contributed by atoms with Gasteiger partial charge in [0.15, 0.2) is 0 Å². The molecule has 1 atom stereocenters. The van der Waals surface area contributed by atoms with Gasteiger partial charge in [-0.3, -0.25) is 0 Å². The van der Waals surface area contributed by atoms with Crippen LogP contribution in [0, 0.1) is 5.92 Å². The van der Waals surface area contributed by atoms with Crippen molar-refractivity contribution in [1.29, 1.82) is 0 Å². The van der Waals surface area contributed by atoms with E-state index in [9.17, 15) is 4.79 Å². The molecule has 0 aliphatic heterocycles. The van der Waals surface area contributed by atoms with Gasteiger partial charge in [-0.05, 0) is 25.2 Å². The Labute approximate surface area is 82.2 Å². The number of hydrogen-bond acceptors (Lipinski definition) is 1. The third kappa shape index (κ3) is 9.32. The Balaban J connectivity index is 3.19. The van der Waals surface area contributed by atoms with Gasteiger partial charge in [-0.15, -0.1) is 0 Å². The molecule has 0 aromatic rings. The SMILES string of the molecule is CCCC=CCCCC(C)CC=O. The van der Waals surface area contributed by atoms with Crippen molar-refractivity contribution in [2.45, 2.75) is 52.4 Å². The van der Waals surface area contributed by atoms with Gasteiger partial charge in [-0.2, -0.15) is 0 Å². The van der Waals surface area contributed by atoms with E-state index < -0.39 is 0 Å². The molecule has 1 nitrogen and oxygen atoms in total. The Morgan fingerprint density at radius 3 is 2.54 bits per heavy atom. The van der Waals surface area contributed by atoms with E-state index >= 15 is 0 Å². The molecule has 0 amide bonds. The van der Waals surface area contributed by atoms with E-state index in [2.05, 4.69) is 26.0 Å². The van der Waals surface area contributed by atoms with Crippen molar-refractivity contribution in [2.24, 2.45) is 5.92 Å². The van der Waals surface area contributed by atoms with Crippen LogP contribution < -0.4 is 0 Å². The summed E-state index contributed by atoms with van der Waals surface area (Å²) in [6.45, 7) is 4.33. The molecular weight excluding hydrogens is 160 g/mol. The van der Waals surface area contributed by atoms with E-state index in [0.29, 0.717) is 5.92 Å². The highest BCUT2D eigenvalue weighted by molar-refractivity contribution is 5.49. The molecule has 0 aromatic heterocycles. The Morgan fingerprint density at radius 1 is 1.23 bits per heavy atom. The summed E-state index contributed by atoms with van der Waals surface area (Å²) in [5, 5.41) is 0. The highest BCUT2D eigenvalue weighted by atomic mass is 16.1. The van der Waals surface area contributed by atoms with Gasteiger partial charge in [0.25, 0.3) is 0 Å². The molecule has 13 heavy (non-hydrogen) atoms. The number of carbonyl (C=O) groups is 1. The van der Waals surface area contributed by atoms with Crippen LogP contribution in [0.3, 0.4) is 0 Å². The second-order valence-electron chi connectivity index (χ2n) is 3.70. The fraction of sp³-hybridized carbons (Fsp3) is 0.750. The van der Waals surface area contributed by atoms with E-state index in [0.717, 1.165) is 12.7 Å². The van der Waals surface area contributed by atoms with Gasteiger partial charge in [0, 0.05) is 6.42 Å². The number of allylic oxidation sites excluding steroid dienone is 2. The standard InChI is InChI=1S/C12H22O/c1-3-4-5-6-7-8-9-12(2)10-11-13/h5-6,11-12H,3-4,7-10H2,1-2H3. The summed E-state index contributed by atoms with van der Waals surface area (Å²) in [5.74, 6) is 0.567. The van der Waals surface area contributed by atoms with Crippen molar-refractivity contribution >= 4 is 6.29 Å². The zero-order valence-corrected chi connectivity index (χ0v) is 8.96. The van der Waals surface area contributed by atoms with Gasteiger partial charge in [0.2, 0.25) is 0 Å². The molecule has 0 saturated carbocycles. The third-order valence-electron chi connectivity index (χ3n) is 2.19. The predicted molar refractivity (Wildman–Crippen MR) is 57.7 cm³/mol. The first kappa shape index (κ1) is 12.4. The average Bonchev–Trinajstić information content (AvgIpc) is 2.11. The lowest BCUT2D eigenvalue weighted by molar-refractivity contribution is -0.108. The molecular formula is C12H22O. The summed E-state index contributed by atoms with van der Waals surface area (Å²) < 4.78 is 0. The number of unbranched alkanes of at least 4 members (excludes halogenated alkanes) is 2. The van der Waals surface area contributed by atoms with Crippen molar-refractivity contribution in [2.75, 3.05) is 0 Å². The van der Waals surface area contributed by atoms with Gasteiger partial charge >= 0.3 is 0 Å². The molecule has 0 aromatic carbocycles. The molecule has 0 saturated heterocycles. The highest BCUT2D eigenvalue weighted by Crippen LogP contribution is 2.10. The first-order valence-electron chi connectivity index (χ1n) is 5.39.